The third-order valence-electron chi connectivity index (χ3n) is 5.40. The van der Waals surface area contributed by atoms with Gasteiger partial charge in [-0.2, -0.15) is 0 Å². The van der Waals surface area contributed by atoms with Gasteiger partial charge >= 0.3 is 5.97 Å². The minimum absolute atomic E-state index is 0.0343. The monoisotopic (exact) mass is 355 g/mol. The Morgan fingerprint density at radius 3 is 2.27 bits per heavy atom. The van der Waals surface area contributed by atoms with Crippen molar-refractivity contribution in [2.24, 2.45) is 0 Å². The highest BCUT2D eigenvalue weighted by molar-refractivity contribution is 5.77. The Kier molecular flexibility index (Phi) is 3.38. The molecule has 136 valence electrons. The molecule has 4 rings (SSSR count). The van der Waals surface area contributed by atoms with Gasteiger partial charge in [0.2, 0.25) is 11.8 Å². The number of carboxylic acids is 1. The number of carbonyl (C=O) groups is 1. The molecule has 0 aliphatic heterocycles. The average molecular weight is 355 g/mol. The number of ether oxygens (including phenoxy) is 1. The van der Waals surface area contributed by atoms with Crippen molar-refractivity contribution in [2.45, 2.75) is 44.6 Å². The molecule has 1 aromatic carbocycles. The third kappa shape index (κ3) is 2.14. The summed E-state index contributed by atoms with van der Waals surface area (Å²) >= 11 is 0. The van der Waals surface area contributed by atoms with Gasteiger partial charge in [0.05, 0.1) is 5.69 Å². The van der Waals surface area contributed by atoms with E-state index in [1.165, 1.54) is 18.4 Å². The molecule has 26 heavy (non-hydrogen) atoms. The van der Waals surface area contributed by atoms with E-state index >= 15 is 0 Å². The van der Waals surface area contributed by atoms with Crippen LogP contribution in [0.5, 0.6) is 17.5 Å². The van der Waals surface area contributed by atoms with Crippen molar-refractivity contribution in [1.82, 2.24) is 4.57 Å². The first kappa shape index (κ1) is 16.6. The van der Waals surface area contributed by atoms with Crippen LogP contribution in [0.2, 0.25) is 0 Å². The number of allylic oxidation sites excluding steroid dienone is 2. The number of aromatic hydroxyl groups is 2. The molecule has 1 heterocycles. The van der Waals surface area contributed by atoms with Gasteiger partial charge in [0, 0.05) is 28.5 Å². The Bertz CT molecular complexity index is 918. The van der Waals surface area contributed by atoms with Gasteiger partial charge in [0.15, 0.2) is 5.60 Å². The highest BCUT2D eigenvalue weighted by Crippen LogP contribution is 2.57. The maximum Gasteiger partial charge on any atom is 0.347 e. The van der Waals surface area contributed by atoms with E-state index in [0.29, 0.717) is 17.0 Å². The van der Waals surface area contributed by atoms with E-state index in [9.17, 15) is 20.1 Å². The number of aliphatic carboxylic acids is 1. The van der Waals surface area contributed by atoms with E-state index < -0.39 is 11.6 Å². The zero-order valence-electron chi connectivity index (χ0n) is 14.9. The molecule has 2 atom stereocenters. The Morgan fingerprint density at radius 2 is 1.73 bits per heavy atom. The summed E-state index contributed by atoms with van der Waals surface area (Å²) in [5.41, 5.74) is 1.38. The highest BCUT2D eigenvalue weighted by Gasteiger charge is 2.41. The van der Waals surface area contributed by atoms with Crippen LogP contribution in [0.25, 0.3) is 5.69 Å². The van der Waals surface area contributed by atoms with Gasteiger partial charge < -0.3 is 20.1 Å². The molecule has 1 aromatic heterocycles. The van der Waals surface area contributed by atoms with Crippen LogP contribution in [-0.2, 0) is 4.79 Å². The lowest BCUT2D eigenvalue weighted by molar-refractivity contribution is -0.152. The van der Waals surface area contributed by atoms with Crippen LogP contribution in [0.1, 0.15) is 48.8 Å². The lowest BCUT2D eigenvalue weighted by Gasteiger charge is -2.24. The Balaban J connectivity index is 1.82. The predicted octanol–water partition coefficient (Wildman–Crippen LogP) is 3.58. The zero-order chi connectivity index (χ0) is 18.8. The number of hydrogen-bond acceptors (Lipinski definition) is 4. The molecule has 0 amide bonds. The third-order valence-corrected chi connectivity index (χ3v) is 5.40. The number of nitrogens with zero attached hydrogens (tertiary/aromatic N) is 1. The van der Waals surface area contributed by atoms with E-state index in [4.69, 9.17) is 4.74 Å². The molecule has 2 aromatic rings. The van der Waals surface area contributed by atoms with Crippen LogP contribution in [0.15, 0.2) is 30.4 Å². The molecule has 2 aliphatic carbocycles. The summed E-state index contributed by atoms with van der Waals surface area (Å²) < 4.78 is 7.10. The van der Waals surface area contributed by atoms with Crippen LogP contribution >= 0.6 is 0 Å². The van der Waals surface area contributed by atoms with Gasteiger partial charge in [-0.1, -0.05) is 18.2 Å². The molecule has 0 spiro atoms. The number of hydrogen-bond donors (Lipinski definition) is 3. The fraction of sp³-hybridized carbons (Fsp3) is 0.350. The maximum atomic E-state index is 11.4. The molecule has 0 unspecified atom stereocenters. The first-order valence-electron chi connectivity index (χ1n) is 8.59. The molecule has 0 saturated carbocycles. The Hall–Kier alpha value is -2.89. The quantitative estimate of drug-likeness (QED) is 0.729. The lowest BCUT2D eigenvalue weighted by Crippen LogP contribution is -2.38. The lowest BCUT2D eigenvalue weighted by atomic mass is 10.0. The summed E-state index contributed by atoms with van der Waals surface area (Å²) in [5.74, 6) is -0.348. The van der Waals surface area contributed by atoms with Crippen molar-refractivity contribution in [1.29, 1.82) is 0 Å². The summed E-state index contributed by atoms with van der Waals surface area (Å²) in [4.78, 5) is 11.4. The standard InChI is InChI=1S/C20H21NO5/c1-10-13(5-4-6-14(10)26-20(2,3)19(24)25)21-17(22)15-11-7-8-12(9-11)16(15)18(21)23/h4-8,11-12,22-23H,9H2,1-3H3,(H,24,25)/t11-,12+. The smallest absolute Gasteiger partial charge is 0.347 e. The molecule has 2 bridgehead atoms. The van der Waals surface area contributed by atoms with Gasteiger partial charge in [0.1, 0.15) is 5.75 Å². The van der Waals surface area contributed by atoms with Crippen molar-refractivity contribution >= 4 is 5.97 Å². The van der Waals surface area contributed by atoms with Gasteiger partial charge in [-0.15, -0.1) is 0 Å². The fourth-order valence-electron chi connectivity index (χ4n) is 3.94. The predicted molar refractivity (Wildman–Crippen MR) is 95.4 cm³/mol. The van der Waals surface area contributed by atoms with Crippen molar-refractivity contribution < 1.29 is 24.9 Å². The van der Waals surface area contributed by atoms with Crippen molar-refractivity contribution in [3.8, 4) is 23.2 Å². The average Bonchev–Trinajstić information content (AvgIpc) is 3.24. The minimum Gasteiger partial charge on any atom is -0.494 e. The second-order valence-electron chi connectivity index (χ2n) is 7.46. The van der Waals surface area contributed by atoms with E-state index in [-0.39, 0.29) is 23.6 Å². The summed E-state index contributed by atoms with van der Waals surface area (Å²) in [6.07, 6.45) is 5.03. The number of benzene rings is 1. The molecule has 0 fully saturated rings. The molecular weight excluding hydrogens is 334 g/mol. The van der Waals surface area contributed by atoms with Crippen molar-refractivity contribution in [3.05, 3.63) is 47.0 Å². The van der Waals surface area contributed by atoms with Gasteiger partial charge in [-0.3, -0.25) is 4.57 Å². The highest BCUT2D eigenvalue weighted by atomic mass is 16.5. The number of carboxylic acid groups (broad SMARTS) is 1. The number of aromatic nitrogens is 1. The molecule has 6 nitrogen and oxygen atoms in total. The van der Waals surface area contributed by atoms with E-state index in [1.807, 2.05) is 0 Å². The molecule has 6 heteroatoms. The van der Waals surface area contributed by atoms with E-state index in [0.717, 1.165) is 17.5 Å². The first-order valence-corrected chi connectivity index (χ1v) is 8.59. The summed E-state index contributed by atoms with van der Waals surface area (Å²) in [6.45, 7) is 4.73. The number of rotatable bonds is 4. The molecule has 3 N–H and O–H groups in total. The second-order valence-corrected chi connectivity index (χ2v) is 7.46. The van der Waals surface area contributed by atoms with Crippen LogP contribution in [-0.4, -0.2) is 31.5 Å². The van der Waals surface area contributed by atoms with Crippen LogP contribution in [0.4, 0.5) is 0 Å². The van der Waals surface area contributed by atoms with Crippen LogP contribution < -0.4 is 4.74 Å². The molecular formula is C20H21NO5. The largest absolute Gasteiger partial charge is 0.494 e. The van der Waals surface area contributed by atoms with E-state index in [1.54, 1.807) is 25.1 Å². The van der Waals surface area contributed by atoms with Crippen molar-refractivity contribution in [2.75, 3.05) is 0 Å². The maximum absolute atomic E-state index is 11.4. The molecule has 0 radical (unpaired) electrons. The summed E-state index contributed by atoms with van der Waals surface area (Å²) in [7, 11) is 0. The van der Waals surface area contributed by atoms with Gasteiger partial charge in [0.25, 0.3) is 0 Å². The van der Waals surface area contributed by atoms with Crippen LogP contribution in [0.3, 0.4) is 0 Å². The Labute approximate surface area is 151 Å². The molecule has 2 aliphatic rings. The van der Waals surface area contributed by atoms with E-state index in [2.05, 4.69) is 12.2 Å². The van der Waals surface area contributed by atoms with Gasteiger partial charge in [-0.05, 0) is 39.3 Å². The topological polar surface area (TPSA) is 91.9 Å². The van der Waals surface area contributed by atoms with Gasteiger partial charge in [-0.25, -0.2) is 4.79 Å². The first-order chi connectivity index (χ1) is 12.2. The molecule has 0 saturated heterocycles. The summed E-state index contributed by atoms with van der Waals surface area (Å²) in [5, 5.41) is 30.8. The van der Waals surface area contributed by atoms with Crippen LogP contribution in [0, 0.1) is 6.92 Å². The second kappa shape index (κ2) is 5.30. The number of fused-ring (bicyclic) bond motifs is 5. The fourth-order valence-corrected chi connectivity index (χ4v) is 3.94. The zero-order valence-corrected chi connectivity index (χ0v) is 14.9. The van der Waals surface area contributed by atoms with Crippen molar-refractivity contribution in [3.63, 3.8) is 0 Å². The minimum atomic E-state index is -1.39. The normalized spacial score (nSPS) is 20.4. The SMILES string of the molecule is Cc1c(OC(C)(C)C(=O)O)cccc1-n1c(O)c2c(c1O)[C@H]1C=C[C@@H]2C1. The summed E-state index contributed by atoms with van der Waals surface area (Å²) in [6, 6.07) is 5.16. The Morgan fingerprint density at radius 1 is 1.15 bits per heavy atom.